The van der Waals surface area contributed by atoms with Gasteiger partial charge in [0.2, 0.25) is 11.8 Å². The number of piperazine rings is 1. The largest absolute Gasteiger partial charge is 0.478 e. The SMILES string of the molecule is CCCCCCCC(=O)N1CCN(C(=O)c2ccc(C(=O)O)cc2)CC1C(=O)NCCCCCC. The van der Waals surface area contributed by atoms with Gasteiger partial charge < -0.3 is 20.2 Å². The highest BCUT2D eigenvalue weighted by molar-refractivity contribution is 5.97. The third-order valence-corrected chi connectivity index (χ3v) is 6.49. The second-order valence-corrected chi connectivity index (χ2v) is 9.25. The van der Waals surface area contributed by atoms with E-state index in [1.807, 2.05) is 0 Å². The van der Waals surface area contributed by atoms with Crippen LogP contribution in [0.15, 0.2) is 24.3 Å². The molecule has 2 rings (SSSR count). The van der Waals surface area contributed by atoms with Crippen molar-refractivity contribution in [3.05, 3.63) is 35.4 Å². The third kappa shape index (κ3) is 9.00. The van der Waals surface area contributed by atoms with E-state index in [1.54, 1.807) is 9.80 Å². The van der Waals surface area contributed by atoms with Crippen LogP contribution in [0.2, 0.25) is 0 Å². The minimum atomic E-state index is -1.05. The van der Waals surface area contributed by atoms with Crippen LogP contribution in [-0.2, 0) is 9.59 Å². The predicted molar refractivity (Wildman–Crippen MR) is 135 cm³/mol. The van der Waals surface area contributed by atoms with Crippen LogP contribution in [0, 0.1) is 0 Å². The molecule has 1 aromatic carbocycles. The van der Waals surface area contributed by atoms with Crippen molar-refractivity contribution in [2.24, 2.45) is 0 Å². The number of carbonyl (C=O) groups excluding carboxylic acids is 3. The Labute approximate surface area is 209 Å². The van der Waals surface area contributed by atoms with Crippen LogP contribution in [0.3, 0.4) is 0 Å². The number of rotatable bonds is 14. The van der Waals surface area contributed by atoms with E-state index in [2.05, 4.69) is 19.2 Å². The molecule has 2 N–H and O–H groups in total. The Morgan fingerprint density at radius 2 is 1.46 bits per heavy atom. The number of carbonyl (C=O) groups is 4. The smallest absolute Gasteiger partial charge is 0.335 e. The number of hydrogen-bond donors (Lipinski definition) is 2. The molecule has 1 aliphatic rings. The van der Waals surface area contributed by atoms with Gasteiger partial charge in [0, 0.05) is 31.6 Å². The number of nitrogens with zero attached hydrogens (tertiary/aromatic N) is 2. The molecule has 0 aromatic heterocycles. The predicted octanol–water partition coefficient (Wildman–Crippen LogP) is 4.09. The van der Waals surface area contributed by atoms with Gasteiger partial charge in [-0.1, -0.05) is 58.8 Å². The number of benzene rings is 1. The Kier molecular flexibility index (Phi) is 12.3. The number of hydrogen-bond acceptors (Lipinski definition) is 4. The number of carboxylic acids is 1. The first-order valence-electron chi connectivity index (χ1n) is 13.1. The summed E-state index contributed by atoms with van der Waals surface area (Å²) in [5.74, 6) is -1.58. The van der Waals surface area contributed by atoms with E-state index in [0.717, 1.165) is 57.8 Å². The van der Waals surface area contributed by atoms with Gasteiger partial charge in [-0.15, -0.1) is 0 Å². The standard InChI is InChI=1S/C27H41N3O5/c1-3-5-7-9-10-12-24(31)30-19-18-29(20-23(30)25(32)28-17-11-8-6-4-2)26(33)21-13-15-22(16-14-21)27(34)35/h13-16,23H,3-12,17-20H2,1-2H3,(H,28,32)(H,34,35). The molecule has 1 saturated heterocycles. The van der Waals surface area contributed by atoms with E-state index < -0.39 is 12.0 Å². The maximum atomic E-state index is 13.1. The maximum Gasteiger partial charge on any atom is 0.335 e. The summed E-state index contributed by atoms with van der Waals surface area (Å²) < 4.78 is 0. The normalized spacial score (nSPS) is 15.7. The molecule has 1 heterocycles. The van der Waals surface area contributed by atoms with E-state index in [0.29, 0.717) is 31.6 Å². The van der Waals surface area contributed by atoms with Crippen molar-refractivity contribution >= 4 is 23.7 Å². The first kappa shape index (κ1) is 28.3. The van der Waals surface area contributed by atoms with Gasteiger partial charge in [0.05, 0.1) is 12.1 Å². The van der Waals surface area contributed by atoms with Crippen molar-refractivity contribution in [3.8, 4) is 0 Å². The van der Waals surface area contributed by atoms with Crippen LogP contribution in [0.1, 0.15) is 98.8 Å². The number of aromatic carboxylic acids is 1. The lowest BCUT2D eigenvalue weighted by Gasteiger charge is -2.40. The molecular formula is C27H41N3O5. The fourth-order valence-corrected chi connectivity index (χ4v) is 4.33. The van der Waals surface area contributed by atoms with Gasteiger partial charge in [0.15, 0.2) is 0 Å². The molecule has 0 bridgehead atoms. The summed E-state index contributed by atoms with van der Waals surface area (Å²) >= 11 is 0. The lowest BCUT2D eigenvalue weighted by atomic mass is 10.1. The van der Waals surface area contributed by atoms with Crippen LogP contribution < -0.4 is 5.32 Å². The van der Waals surface area contributed by atoms with Gasteiger partial charge in [-0.25, -0.2) is 4.79 Å². The molecule has 35 heavy (non-hydrogen) atoms. The quantitative estimate of drug-likeness (QED) is 0.384. The summed E-state index contributed by atoms with van der Waals surface area (Å²) in [6.45, 7) is 5.61. The van der Waals surface area contributed by atoms with Crippen LogP contribution in [-0.4, -0.2) is 70.8 Å². The van der Waals surface area contributed by atoms with Crippen molar-refractivity contribution in [1.82, 2.24) is 15.1 Å². The molecule has 1 aromatic rings. The summed E-state index contributed by atoms with van der Waals surface area (Å²) in [6.07, 6.45) is 9.78. The van der Waals surface area contributed by atoms with Gasteiger partial charge in [-0.3, -0.25) is 14.4 Å². The van der Waals surface area contributed by atoms with E-state index >= 15 is 0 Å². The Bertz CT molecular complexity index is 840. The average Bonchev–Trinajstić information content (AvgIpc) is 2.87. The number of unbranched alkanes of at least 4 members (excludes halogenated alkanes) is 7. The van der Waals surface area contributed by atoms with Gasteiger partial charge in [-0.05, 0) is 37.1 Å². The second kappa shape index (κ2) is 15.2. The molecule has 8 heteroatoms. The van der Waals surface area contributed by atoms with E-state index in [1.165, 1.54) is 24.3 Å². The molecule has 1 aliphatic heterocycles. The Hall–Kier alpha value is -2.90. The fraction of sp³-hybridized carbons (Fsp3) is 0.630. The molecule has 0 radical (unpaired) electrons. The van der Waals surface area contributed by atoms with Gasteiger partial charge in [-0.2, -0.15) is 0 Å². The van der Waals surface area contributed by atoms with Crippen molar-refractivity contribution in [3.63, 3.8) is 0 Å². The van der Waals surface area contributed by atoms with Crippen molar-refractivity contribution < 1.29 is 24.3 Å². The topological polar surface area (TPSA) is 107 Å². The number of carboxylic acid groups (broad SMARTS) is 1. The molecule has 1 unspecified atom stereocenters. The third-order valence-electron chi connectivity index (χ3n) is 6.49. The zero-order valence-electron chi connectivity index (χ0n) is 21.3. The molecule has 1 fully saturated rings. The van der Waals surface area contributed by atoms with Crippen molar-refractivity contribution in [2.75, 3.05) is 26.2 Å². The summed E-state index contributed by atoms with van der Waals surface area (Å²) in [5.41, 5.74) is 0.473. The zero-order chi connectivity index (χ0) is 25.6. The highest BCUT2D eigenvalue weighted by Gasteiger charge is 2.36. The molecule has 0 saturated carbocycles. The molecule has 0 spiro atoms. The summed E-state index contributed by atoms with van der Waals surface area (Å²) in [4.78, 5) is 53.5. The number of nitrogens with one attached hydrogen (secondary N) is 1. The van der Waals surface area contributed by atoms with Gasteiger partial charge in [0.1, 0.15) is 6.04 Å². The van der Waals surface area contributed by atoms with E-state index in [9.17, 15) is 19.2 Å². The van der Waals surface area contributed by atoms with Crippen LogP contribution in [0.4, 0.5) is 0 Å². The molecule has 0 aliphatic carbocycles. The number of amides is 3. The van der Waals surface area contributed by atoms with Crippen molar-refractivity contribution in [2.45, 2.75) is 84.1 Å². The molecule has 1 atom stereocenters. The fourth-order valence-electron chi connectivity index (χ4n) is 4.33. The van der Waals surface area contributed by atoms with E-state index in [4.69, 9.17) is 5.11 Å². The monoisotopic (exact) mass is 487 g/mol. The lowest BCUT2D eigenvalue weighted by Crippen LogP contribution is -2.61. The molecule has 3 amide bonds. The zero-order valence-corrected chi connectivity index (χ0v) is 21.3. The Morgan fingerprint density at radius 1 is 0.857 bits per heavy atom. The van der Waals surface area contributed by atoms with Crippen molar-refractivity contribution in [1.29, 1.82) is 0 Å². The Balaban J connectivity index is 2.05. The highest BCUT2D eigenvalue weighted by atomic mass is 16.4. The van der Waals surface area contributed by atoms with Crippen LogP contribution >= 0.6 is 0 Å². The second-order valence-electron chi connectivity index (χ2n) is 9.25. The van der Waals surface area contributed by atoms with E-state index in [-0.39, 0.29) is 29.8 Å². The summed E-state index contributed by atoms with van der Waals surface area (Å²) in [5, 5.41) is 12.0. The minimum Gasteiger partial charge on any atom is -0.478 e. The van der Waals surface area contributed by atoms with Crippen LogP contribution in [0.25, 0.3) is 0 Å². The maximum absolute atomic E-state index is 13.1. The molecular weight excluding hydrogens is 446 g/mol. The lowest BCUT2D eigenvalue weighted by molar-refractivity contribution is -0.143. The Morgan fingerprint density at radius 3 is 2.09 bits per heavy atom. The molecule has 194 valence electrons. The highest BCUT2D eigenvalue weighted by Crippen LogP contribution is 2.17. The first-order chi connectivity index (χ1) is 16.9. The summed E-state index contributed by atoms with van der Waals surface area (Å²) in [7, 11) is 0. The minimum absolute atomic E-state index is 0.0365. The first-order valence-corrected chi connectivity index (χ1v) is 13.1. The summed E-state index contributed by atoms with van der Waals surface area (Å²) in [6, 6.07) is 5.05. The average molecular weight is 488 g/mol. The van der Waals surface area contributed by atoms with Gasteiger partial charge in [0.25, 0.3) is 5.91 Å². The van der Waals surface area contributed by atoms with Crippen LogP contribution in [0.5, 0.6) is 0 Å². The molecule has 8 nitrogen and oxygen atoms in total. The van der Waals surface area contributed by atoms with Gasteiger partial charge >= 0.3 is 5.97 Å².